The van der Waals surface area contributed by atoms with E-state index < -0.39 is 6.10 Å². The summed E-state index contributed by atoms with van der Waals surface area (Å²) in [6, 6.07) is 15.8. The Hall–Kier alpha value is -1.75. The number of amides is 1. The van der Waals surface area contributed by atoms with Gasteiger partial charge in [-0.15, -0.1) is 12.4 Å². The molecule has 0 spiro atoms. The number of carbonyl (C=O) groups is 1. The van der Waals surface area contributed by atoms with Gasteiger partial charge in [0.1, 0.15) is 5.75 Å². The van der Waals surface area contributed by atoms with Crippen LogP contribution >= 0.6 is 24.0 Å². The van der Waals surface area contributed by atoms with Gasteiger partial charge in [-0.05, 0) is 49.6 Å². The first-order valence-corrected chi connectivity index (χ1v) is 9.34. The van der Waals surface area contributed by atoms with Crippen LogP contribution in [-0.2, 0) is 4.79 Å². The van der Waals surface area contributed by atoms with E-state index in [1.807, 2.05) is 42.2 Å². The van der Waals surface area contributed by atoms with Crippen LogP contribution in [0.25, 0.3) is 0 Å². The van der Waals surface area contributed by atoms with Gasteiger partial charge in [0.2, 0.25) is 0 Å². The molecule has 1 aliphatic heterocycles. The predicted octanol–water partition coefficient (Wildman–Crippen LogP) is 4.04. The van der Waals surface area contributed by atoms with Crippen molar-refractivity contribution in [2.24, 2.45) is 11.7 Å². The number of halogens is 2. The minimum absolute atomic E-state index is 0. The van der Waals surface area contributed by atoms with Crippen LogP contribution in [0.1, 0.15) is 24.0 Å². The number of hydrogen-bond donors (Lipinski definition) is 1. The second-order valence-electron chi connectivity index (χ2n) is 6.95. The number of hydrogen-bond acceptors (Lipinski definition) is 3. The minimum atomic E-state index is -0.595. The van der Waals surface area contributed by atoms with Gasteiger partial charge in [-0.3, -0.25) is 4.79 Å². The van der Waals surface area contributed by atoms with Crippen molar-refractivity contribution in [1.82, 2.24) is 4.90 Å². The molecular weight excluding hydrogens is 383 g/mol. The molecule has 1 heterocycles. The second kappa shape index (κ2) is 9.45. The summed E-state index contributed by atoms with van der Waals surface area (Å²) in [6.45, 7) is 5.62. The van der Waals surface area contributed by atoms with E-state index in [-0.39, 0.29) is 30.2 Å². The van der Waals surface area contributed by atoms with Gasteiger partial charge in [-0.25, -0.2) is 0 Å². The van der Waals surface area contributed by atoms with Crippen LogP contribution in [0.2, 0.25) is 5.02 Å². The zero-order valence-corrected chi connectivity index (χ0v) is 17.2. The predicted molar refractivity (Wildman–Crippen MR) is 112 cm³/mol. The Morgan fingerprint density at radius 3 is 2.63 bits per heavy atom. The summed E-state index contributed by atoms with van der Waals surface area (Å²) in [5, 5.41) is 0.513. The van der Waals surface area contributed by atoms with Gasteiger partial charge in [0.05, 0.1) is 5.02 Å². The molecular formula is C21H26Cl2N2O2. The van der Waals surface area contributed by atoms with Crippen molar-refractivity contribution in [3.8, 4) is 5.75 Å². The fraction of sp³-hybridized carbons (Fsp3) is 0.381. The van der Waals surface area contributed by atoms with Crippen molar-refractivity contribution in [2.45, 2.75) is 25.9 Å². The number of nitrogens with zero attached hydrogens (tertiary/aromatic N) is 1. The van der Waals surface area contributed by atoms with Gasteiger partial charge in [0.15, 0.2) is 6.10 Å². The molecule has 4 nitrogen and oxygen atoms in total. The van der Waals surface area contributed by atoms with Crippen LogP contribution in [0.5, 0.6) is 5.75 Å². The highest BCUT2D eigenvalue weighted by molar-refractivity contribution is 6.32. The summed E-state index contributed by atoms with van der Waals surface area (Å²) < 4.78 is 5.86. The fourth-order valence-electron chi connectivity index (χ4n) is 3.57. The minimum Gasteiger partial charge on any atom is -0.479 e. The number of ether oxygens (including phenoxy) is 1. The average molecular weight is 409 g/mol. The standard InChI is InChI=1S/C21H25ClN2O2.ClH/c1-14-8-9-19(22)20(10-14)26-15(2)21(25)24-12-17(11-23)18(13-24)16-6-4-3-5-7-16;/h3-10,15,17-18H,11-13,23H2,1-2H3;1H/t15?,17-,18+;/m1./s1. The summed E-state index contributed by atoms with van der Waals surface area (Å²) in [5.74, 6) is 1.04. The molecule has 0 aliphatic carbocycles. The lowest BCUT2D eigenvalue weighted by atomic mass is 9.89. The van der Waals surface area contributed by atoms with Crippen LogP contribution < -0.4 is 10.5 Å². The van der Waals surface area contributed by atoms with Crippen molar-refractivity contribution in [3.05, 3.63) is 64.7 Å². The van der Waals surface area contributed by atoms with Gasteiger partial charge in [-0.2, -0.15) is 0 Å². The van der Waals surface area contributed by atoms with Crippen molar-refractivity contribution >= 4 is 29.9 Å². The second-order valence-corrected chi connectivity index (χ2v) is 7.36. The lowest BCUT2D eigenvalue weighted by molar-refractivity contribution is -0.137. The summed E-state index contributed by atoms with van der Waals surface area (Å²) in [5.41, 5.74) is 8.24. The van der Waals surface area contributed by atoms with Gasteiger partial charge in [0, 0.05) is 19.0 Å². The molecule has 0 aromatic heterocycles. The van der Waals surface area contributed by atoms with Crippen molar-refractivity contribution in [1.29, 1.82) is 0 Å². The van der Waals surface area contributed by atoms with E-state index in [2.05, 4.69) is 12.1 Å². The van der Waals surface area contributed by atoms with Gasteiger partial charge in [-0.1, -0.05) is 48.0 Å². The first kappa shape index (κ1) is 21.5. The third-order valence-corrected chi connectivity index (χ3v) is 5.33. The fourth-order valence-corrected chi connectivity index (χ4v) is 3.73. The number of nitrogens with two attached hydrogens (primary N) is 1. The van der Waals surface area contributed by atoms with Crippen molar-refractivity contribution < 1.29 is 9.53 Å². The molecule has 0 saturated carbocycles. The summed E-state index contributed by atoms with van der Waals surface area (Å²) in [7, 11) is 0. The van der Waals surface area contributed by atoms with E-state index in [0.29, 0.717) is 30.4 Å². The van der Waals surface area contributed by atoms with Crippen LogP contribution in [0, 0.1) is 12.8 Å². The Morgan fingerprint density at radius 2 is 1.96 bits per heavy atom. The molecule has 3 atom stereocenters. The molecule has 1 aliphatic rings. The lowest BCUT2D eigenvalue weighted by Gasteiger charge is -2.22. The number of likely N-dealkylation sites (tertiary alicyclic amines) is 1. The summed E-state index contributed by atoms with van der Waals surface area (Å²) >= 11 is 6.19. The van der Waals surface area contributed by atoms with E-state index in [0.717, 1.165) is 5.56 Å². The zero-order chi connectivity index (χ0) is 18.7. The Kier molecular flexibility index (Phi) is 7.54. The first-order chi connectivity index (χ1) is 12.5. The third kappa shape index (κ3) is 4.95. The quantitative estimate of drug-likeness (QED) is 0.811. The zero-order valence-electron chi connectivity index (χ0n) is 15.6. The molecule has 0 radical (unpaired) electrons. The maximum Gasteiger partial charge on any atom is 0.263 e. The van der Waals surface area contributed by atoms with Gasteiger partial charge >= 0.3 is 0 Å². The van der Waals surface area contributed by atoms with Gasteiger partial charge in [0.25, 0.3) is 5.91 Å². The maximum atomic E-state index is 12.9. The van der Waals surface area contributed by atoms with Crippen molar-refractivity contribution in [3.63, 3.8) is 0 Å². The Balaban J connectivity index is 0.00000261. The number of rotatable bonds is 5. The molecule has 146 valence electrons. The Bertz CT molecular complexity index is 770. The molecule has 2 aromatic rings. The maximum absolute atomic E-state index is 12.9. The van der Waals surface area contributed by atoms with E-state index >= 15 is 0 Å². The monoisotopic (exact) mass is 408 g/mol. The molecule has 0 bridgehead atoms. The molecule has 1 unspecified atom stereocenters. The molecule has 3 rings (SSSR count). The van der Waals surface area contributed by atoms with Gasteiger partial charge < -0.3 is 15.4 Å². The lowest BCUT2D eigenvalue weighted by Crippen LogP contribution is -2.39. The highest BCUT2D eigenvalue weighted by Crippen LogP contribution is 2.33. The third-order valence-electron chi connectivity index (χ3n) is 5.02. The van der Waals surface area contributed by atoms with Crippen LogP contribution in [-0.4, -0.2) is 36.5 Å². The highest BCUT2D eigenvalue weighted by Gasteiger charge is 2.37. The molecule has 1 amide bonds. The Morgan fingerprint density at radius 1 is 1.26 bits per heavy atom. The van der Waals surface area contributed by atoms with E-state index in [9.17, 15) is 4.79 Å². The SMILES string of the molecule is Cc1ccc(Cl)c(OC(C)C(=O)N2C[C@@H](CN)[C@H](c3ccccc3)C2)c1.Cl. The topological polar surface area (TPSA) is 55.6 Å². The van der Waals surface area contributed by atoms with Crippen LogP contribution in [0.4, 0.5) is 0 Å². The summed E-state index contributed by atoms with van der Waals surface area (Å²) in [4.78, 5) is 14.8. The molecule has 1 saturated heterocycles. The number of benzene rings is 2. The molecule has 1 fully saturated rings. The van der Waals surface area contributed by atoms with E-state index in [4.69, 9.17) is 22.1 Å². The highest BCUT2D eigenvalue weighted by atomic mass is 35.5. The number of carbonyl (C=O) groups excluding carboxylic acids is 1. The Labute approximate surface area is 172 Å². The van der Waals surface area contributed by atoms with Crippen molar-refractivity contribution in [2.75, 3.05) is 19.6 Å². The van der Waals surface area contributed by atoms with Crippen LogP contribution in [0.3, 0.4) is 0 Å². The molecule has 2 aromatic carbocycles. The molecule has 27 heavy (non-hydrogen) atoms. The smallest absolute Gasteiger partial charge is 0.263 e. The van der Waals surface area contributed by atoms with Crippen LogP contribution in [0.15, 0.2) is 48.5 Å². The van der Waals surface area contributed by atoms with E-state index in [1.165, 1.54) is 5.56 Å². The average Bonchev–Trinajstić information content (AvgIpc) is 3.09. The largest absolute Gasteiger partial charge is 0.479 e. The first-order valence-electron chi connectivity index (χ1n) is 8.96. The molecule has 6 heteroatoms. The molecule has 2 N–H and O–H groups in total. The normalized spacial score (nSPS) is 20.1. The number of aryl methyl sites for hydroxylation is 1. The summed E-state index contributed by atoms with van der Waals surface area (Å²) in [6.07, 6.45) is -0.595. The van der Waals surface area contributed by atoms with E-state index in [1.54, 1.807) is 13.0 Å².